The summed E-state index contributed by atoms with van der Waals surface area (Å²) in [6.45, 7) is 10.1. The Labute approximate surface area is 130 Å². The Morgan fingerprint density at radius 1 is 1.33 bits per heavy atom. The summed E-state index contributed by atoms with van der Waals surface area (Å²) >= 11 is 0. The summed E-state index contributed by atoms with van der Waals surface area (Å²) in [6, 6.07) is 0. The molecule has 0 radical (unpaired) electrons. The van der Waals surface area contributed by atoms with Gasteiger partial charge in [-0.15, -0.1) is 0 Å². The van der Waals surface area contributed by atoms with Gasteiger partial charge < -0.3 is 15.4 Å². The highest BCUT2D eigenvalue weighted by atomic mass is 16.5. The van der Waals surface area contributed by atoms with Crippen molar-refractivity contribution in [1.82, 2.24) is 4.90 Å². The molecule has 1 aliphatic rings. The summed E-state index contributed by atoms with van der Waals surface area (Å²) in [7, 11) is 1.53. The number of unbranched alkanes of at least 4 members (excludes halogenated alkanes) is 1. The fourth-order valence-corrected chi connectivity index (χ4v) is 2.15. The number of nitrogens with two attached hydrogens (primary N) is 1. The molecule has 0 bridgehead atoms. The average Bonchev–Trinajstić information content (AvgIpc) is 3.01. The topological polar surface area (TPSA) is 72.6 Å². The largest absolute Gasteiger partial charge is 0.371 e. The number of ether oxygens (including phenoxy) is 1. The van der Waals surface area contributed by atoms with E-state index in [0.717, 1.165) is 38.8 Å². The van der Waals surface area contributed by atoms with Crippen LogP contribution in [0, 0.1) is 5.92 Å². The van der Waals surface area contributed by atoms with E-state index in [0.29, 0.717) is 0 Å². The summed E-state index contributed by atoms with van der Waals surface area (Å²) in [5.74, 6) is -0.131. The predicted octanol–water partition coefficient (Wildman–Crippen LogP) is 2.58. The van der Waals surface area contributed by atoms with Crippen LogP contribution in [0.3, 0.4) is 0 Å². The molecule has 2 atom stereocenters. The van der Waals surface area contributed by atoms with Gasteiger partial charge in [0.15, 0.2) is 0 Å². The summed E-state index contributed by atoms with van der Waals surface area (Å²) in [5.41, 5.74) is 5.16. The van der Waals surface area contributed by atoms with E-state index in [-0.39, 0.29) is 11.8 Å². The molecule has 2 unspecified atom stereocenters. The second-order valence-corrected chi connectivity index (χ2v) is 5.03. The normalized spacial score (nSPS) is 16.0. The number of rotatable bonds is 7. The van der Waals surface area contributed by atoms with Crippen LogP contribution in [0.2, 0.25) is 0 Å². The van der Waals surface area contributed by atoms with Gasteiger partial charge in [-0.3, -0.25) is 9.59 Å². The highest BCUT2D eigenvalue weighted by Crippen LogP contribution is 2.14. The van der Waals surface area contributed by atoms with Gasteiger partial charge in [0.05, 0.1) is 0 Å². The van der Waals surface area contributed by atoms with Gasteiger partial charge in [0.1, 0.15) is 6.10 Å². The molecule has 0 aromatic carbocycles. The SMILES string of the molecule is CC.CCCCC(C)C(OC)C(N)=O.O=CN1CCCC1. The van der Waals surface area contributed by atoms with Crippen molar-refractivity contribution in [2.24, 2.45) is 11.7 Å². The standard InChI is InChI=1S/C9H19NO2.C5H9NO.C2H6/c1-4-5-6-7(2)8(12-3)9(10)11;7-5-6-3-1-2-4-6;1-2/h7-8H,4-6H2,1-3H3,(H2,10,11);5H,1-4H2;1-2H3. The van der Waals surface area contributed by atoms with Crippen LogP contribution in [0.15, 0.2) is 0 Å². The molecule has 0 spiro atoms. The van der Waals surface area contributed by atoms with Crippen LogP contribution in [0.25, 0.3) is 0 Å². The number of hydrogen-bond donors (Lipinski definition) is 1. The van der Waals surface area contributed by atoms with Crippen LogP contribution >= 0.6 is 0 Å². The van der Waals surface area contributed by atoms with Crippen LogP contribution in [-0.2, 0) is 14.3 Å². The lowest BCUT2D eigenvalue weighted by atomic mass is 9.98. The zero-order valence-electron chi connectivity index (χ0n) is 14.4. The first kappa shape index (κ1) is 22.2. The lowest BCUT2D eigenvalue weighted by Gasteiger charge is -2.18. The van der Waals surface area contributed by atoms with Crippen molar-refractivity contribution in [3.8, 4) is 0 Å². The summed E-state index contributed by atoms with van der Waals surface area (Å²) < 4.78 is 5.00. The van der Waals surface area contributed by atoms with Gasteiger partial charge >= 0.3 is 0 Å². The zero-order valence-corrected chi connectivity index (χ0v) is 14.4. The summed E-state index contributed by atoms with van der Waals surface area (Å²) in [6.07, 6.45) is 6.15. The van der Waals surface area contributed by atoms with Crippen molar-refractivity contribution >= 4 is 12.3 Å². The van der Waals surface area contributed by atoms with E-state index in [2.05, 4.69) is 6.92 Å². The van der Waals surface area contributed by atoms with Gasteiger partial charge in [0.2, 0.25) is 12.3 Å². The molecule has 0 aromatic heterocycles. The maximum Gasteiger partial charge on any atom is 0.246 e. The minimum absolute atomic E-state index is 0.229. The molecule has 1 rings (SSSR count). The van der Waals surface area contributed by atoms with Crippen LogP contribution in [0.1, 0.15) is 59.8 Å². The van der Waals surface area contributed by atoms with Gasteiger partial charge in [0.25, 0.3) is 0 Å². The molecule has 0 saturated carbocycles. The molecule has 1 aliphatic heterocycles. The number of amides is 2. The molecule has 0 aromatic rings. The number of carbonyl (C=O) groups is 2. The second kappa shape index (κ2) is 15.3. The van der Waals surface area contributed by atoms with Gasteiger partial charge in [-0.1, -0.05) is 40.5 Å². The molecule has 21 heavy (non-hydrogen) atoms. The number of hydrogen-bond acceptors (Lipinski definition) is 3. The minimum Gasteiger partial charge on any atom is -0.371 e. The van der Waals surface area contributed by atoms with Crippen LogP contribution in [0.4, 0.5) is 0 Å². The Bertz CT molecular complexity index is 254. The predicted molar refractivity (Wildman–Crippen MR) is 86.9 cm³/mol. The Morgan fingerprint density at radius 3 is 2.14 bits per heavy atom. The first-order valence-corrected chi connectivity index (χ1v) is 8.08. The third kappa shape index (κ3) is 11.3. The smallest absolute Gasteiger partial charge is 0.246 e. The molecular formula is C16H34N2O3. The van der Waals surface area contributed by atoms with E-state index in [4.69, 9.17) is 10.5 Å². The first-order chi connectivity index (χ1) is 10.1. The Balaban J connectivity index is 0. The van der Waals surface area contributed by atoms with Gasteiger partial charge in [-0.05, 0) is 25.2 Å². The Morgan fingerprint density at radius 2 is 1.86 bits per heavy atom. The van der Waals surface area contributed by atoms with E-state index in [1.54, 1.807) is 4.90 Å². The van der Waals surface area contributed by atoms with E-state index < -0.39 is 6.10 Å². The third-order valence-electron chi connectivity index (χ3n) is 3.35. The summed E-state index contributed by atoms with van der Waals surface area (Å²) in [4.78, 5) is 22.6. The number of primary amides is 1. The molecule has 126 valence electrons. The van der Waals surface area contributed by atoms with Crippen molar-refractivity contribution in [3.63, 3.8) is 0 Å². The minimum atomic E-state index is -0.420. The van der Waals surface area contributed by atoms with Gasteiger partial charge in [0, 0.05) is 20.2 Å². The van der Waals surface area contributed by atoms with E-state index >= 15 is 0 Å². The lowest BCUT2D eigenvalue weighted by molar-refractivity contribution is -0.130. The molecule has 0 aliphatic carbocycles. The number of methoxy groups -OCH3 is 1. The lowest BCUT2D eigenvalue weighted by Crippen LogP contribution is -2.35. The molecule has 1 heterocycles. The molecule has 1 fully saturated rings. The molecule has 2 N–H and O–H groups in total. The highest BCUT2D eigenvalue weighted by molar-refractivity contribution is 5.79. The molecule has 5 nitrogen and oxygen atoms in total. The van der Waals surface area contributed by atoms with E-state index in [1.807, 2.05) is 20.8 Å². The van der Waals surface area contributed by atoms with Crippen molar-refractivity contribution in [2.45, 2.75) is 65.9 Å². The zero-order chi connectivity index (χ0) is 16.7. The van der Waals surface area contributed by atoms with Crippen molar-refractivity contribution in [1.29, 1.82) is 0 Å². The number of carbonyl (C=O) groups excluding carboxylic acids is 2. The van der Waals surface area contributed by atoms with Crippen LogP contribution < -0.4 is 5.73 Å². The van der Waals surface area contributed by atoms with E-state index in [9.17, 15) is 9.59 Å². The van der Waals surface area contributed by atoms with Gasteiger partial charge in [-0.25, -0.2) is 0 Å². The maximum absolute atomic E-state index is 10.8. The number of nitrogens with zero attached hydrogens (tertiary/aromatic N) is 1. The Kier molecular flexibility index (Phi) is 16.2. The fourth-order valence-electron chi connectivity index (χ4n) is 2.15. The number of likely N-dealkylation sites (tertiary alicyclic amines) is 1. The molecule has 5 heteroatoms. The van der Waals surface area contributed by atoms with Crippen molar-refractivity contribution in [2.75, 3.05) is 20.2 Å². The quantitative estimate of drug-likeness (QED) is 0.735. The van der Waals surface area contributed by atoms with E-state index in [1.165, 1.54) is 20.0 Å². The monoisotopic (exact) mass is 302 g/mol. The highest BCUT2D eigenvalue weighted by Gasteiger charge is 2.21. The van der Waals surface area contributed by atoms with Gasteiger partial charge in [-0.2, -0.15) is 0 Å². The fraction of sp³-hybridized carbons (Fsp3) is 0.875. The maximum atomic E-state index is 10.8. The van der Waals surface area contributed by atoms with Crippen LogP contribution in [0.5, 0.6) is 0 Å². The summed E-state index contributed by atoms with van der Waals surface area (Å²) in [5, 5.41) is 0. The molecular weight excluding hydrogens is 268 g/mol. The van der Waals surface area contributed by atoms with Crippen molar-refractivity contribution in [3.05, 3.63) is 0 Å². The molecule has 1 saturated heterocycles. The third-order valence-corrected chi connectivity index (χ3v) is 3.35. The average molecular weight is 302 g/mol. The molecule has 2 amide bonds. The first-order valence-electron chi connectivity index (χ1n) is 8.08. The van der Waals surface area contributed by atoms with Crippen LogP contribution in [-0.4, -0.2) is 43.5 Å². The second-order valence-electron chi connectivity index (χ2n) is 5.03. The van der Waals surface area contributed by atoms with Crippen molar-refractivity contribution < 1.29 is 14.3 Å². The Hall–Kier alpha value is -1.10.